The summed E-state index contributed by atoms with van der Waals surface area (Å²) in [5.41, 5.74) is 0.660. The molecule has 3 rings (SSSR count). The number of aromatic nitrogens is 3. The molecule has 1 aliphatic heterocycles. The van der Waals surface area contributed by atoms with Crippen LogP contribution >= 0.6 is 0 Å². The van der Waals surface area contributed by atoms with Gasteiger partial charge in [-0.05, 0) is 25.0 Å². The minimum absolute atomic E-state index is 0.0217. The van der Waals surface area contributed by atoms with Crippen molar-refractivity contribution >= 4 is 5.91 Å². The van der Waals surface area contributed by atoms with Crippen LogP contribution in [-0.2, 0) is 0 Å². The molecule has 1 fully saturated rings. The average Bonchev–Trinajstić information content (AvgIpc) is 2.56. The zero-order chi connectivity index (χ0) is 14.5. The van der Waals surface area contributed by atoms with Gasteiger partial charge in [0.05, 0.1) is 6.54 Å². The molecule has 0 aliphatic carbocycles. The molecule has 21 heavy (non-hydrogen) atoms. The average molecular weight is 284 g/mol. The Bertz CT molecular complexity index is 591. The SMILES string of the molecule is O=C(c1ccncc1)N1CCC[C@@H](Oc2ccncn2)C1. The fourth-order valence-corrected chi connectivity index (χ4v) is 2.41. The quantitative estimate of drug-likeness (QED) is 0.855. The molecule has 1 aliphatic rings. The van der Waals surface area contributed by atoms with Gasteiger partial charge >= 0.3 is 0 Å². The molecule has 0 N–H and O–H groups in total. The number of rotatable bonds is 3. The van der Waals surface area contributed by atoms with E-state index in [-0.39, 0.29) is 12.0 Å². The van der Waals surface area contributed by atoms with Gasteiger partial charge in [0.25, 0.3) is 5.91 Å². The topological polar surface area (TPSA) is 68.2 Å². The van der Waals surface area contributed by atoms with E-state index in [1.807, 2.05) is 4.90 Å². The van der Waals surface area contributed by atoms with Gasteiger partial charge in [-0.3, -0.25) is 9.78 Å². The summed E-state index contributed by atoms with van der Waals surface area (Å²) in [7, 11) is 0. The fraction of sp³-hybridized carbons (Fsp3) is 0.333. The number of hydrogen-bond donors (Lipinski definition) is 0. The normalized spacial score (nSPS) is 18.3. The van der Waals surface area contributed by atoms with Crippen LogP contribution in [0.3, 0.4) is 0 Å². The second-order valence-electron chi connectivity index (χ2n) is 4.92. The Morgan fingerprint density at radius 1 is 1.19 bits per heavy atom. The van der Waals surface area contributed by atoms with Gasteiger partial charge in [-0.15, -0.1) is 0 Å². The first kappa shape index (κ1) is 13.5. The van der Waals surface area contributed by atoms with Gasteiger partial charge in [0, 0.05) is 36.8 Å². The van der Waals surface area contributed by atoms with Crippen LogP contribution in [0.2, 0.25) is 0 Å². The molecule has 1 saturated heterocycles. The molecule has 2 aromatic rings. The summed E-state index contributed by atoms with van der Waals surface area (Å²) < 4.78 is 5.81. The minimum atomic E-state index is -0.0283. The van der Waals surface area contributed by atoms with Crippen LogP contribution in [-0.4, -0.2) is 45.0 Å². The number of pyridine rings is 1. The van der Waals surface area contributed by atoms with Crippen molar-refractivity contribution in [2.75, 3.05) is 13.1 Å². The highest BCUT2D eigenvalue weighted by molar-refractivity contribution is 5.94. The van der Waals surface area contributed by atoms with Crippen LogP contribution in [0.4, 0.5) is 0 Å². The van der Waals surface area contributed by atoms with Crippen LogP contribution in [0.1, 0.15) is 23.2 Å². The summed E-state index contributed by atoms with van der Waals surface area (Å²) in [6, 6.07) is 5.19. The third kappa shape index (κ3) is 3.34. The zero-order valence-corrected chi connectivity index (χ0v) is 11.6. The molecule has 0 radical (unpaired) electrons. The summed E-state index contributed by atoms with van der Waals surface area (Å²) in [5, 5.41) is 0. The summed E-state index contributed by atoms with van der Waals surface area (Å²) in [6.07, 6.45) is 8.18. The van der Waals surface area contributed by atoms with Crippen molar-refractivity contribution in [1.82, 2.24) is 19.9 Å². The Labute approximate surface area is 122 Å². The molecule has 1 amide bonds. The molecule has 0 saturated carbocycles. The van der Waals surface area contributed by atoms with Crippen molar-refractivity contribution < 1.29 is 9.53 Å². The molecule has 1 atom stereocenters. The number of hydrogen-bond acceptors (Lipinski definition) is 5. The molecule has 6 heteroatoms. The Morgan fingerprint density at radius 3 is 2.76 bits per heavy atom. The van der Waals surface area contributed by atoms with E-state index in [0.29, 0.717) is 18.0 Å². The monoisotopic (exact) mass is 284 g/mol. The lowest BCUT2D eigenvalue weighted by Crippen LogP contribution is -2.44. The van der Waals surface area contributed by atoms with Crippen LogP contribution in [0.15, 0.2) is 43.1 Å². The molecule has 2 aromatic heterocycles. The minimum Gasteiger partial charge on any atom is -0.472 e. The molecule has 0 bridgehead atoms. The van der Waals surface area contributed by atoms with Crippen LogP contribution in [0.25, 0.3) is 0 Å². The van der Waals surface area contributed by atoms with E-state index in [4.69, 9.17) is 4.74 Å². The number of amides is 1. The van der Waals surface area contributed by atoms with Gasteiger partial charge in [0.15, 0.2) is 0 Å². The maximum absolute atomic E-state index is 12.4. The standard InChI is InChI=1S/C15H16N4O2/c20-15(12-3-6-16-7-4-12)19-9-1-2-13(10-19)21-14-5-8-17-11-18-14/h3-8,11,13H,1-2,9-10H2/t13-/m1/s1. The number of nitrogens with zero attached hydrogens (tertiary/aromatic N) is 4. The lowest BCUT2D eigenvalue weighted by molar-refractivity contribution is 0.0527. The summed E-state index contributed by atoms with van der Waals surface area (Å²) in [6.45, 7) is 1.33. The molecular formula is C15H16N4O2. The van der Waals surface area contributed by atoms with Crippen molar-refractivity contribution in [1.29, 1.82) is 0 Å². The van der Waals surface area contributed by atoms with Crippen LogP contribution in [0, 0.1) is 0 Å². The van der Waals surface area contributed by atoms with Crippen molar-refractivity contribution in [3.8, 4) is 5.88 Å². The molecule has 0 spiro atoms. The van der Waals surface area contributed by atoms with Crippen LogP contribution in [0.5, 0.6) is 5.88 Å². The maximum Gasteiger partial charge on any atom is 0.254 e. The van der Waals surface area contributed by atoms with Crippen LogP contribution < -0.4 is 4.74 Å². The molecule has 0 unspecified atom stereocenters. The molecule has 108 valence electrons. The number of carbonyl (C=O) groups excluding carboxylic acids is 1. The highest BCUT2D eigenvalue weighted by Crippen LogP contribution is 2.17. The van der Waals surface area contributed by atoms with Crippen molar-refractivity contribution in [2.24, 2.45) is 0 Å². The molecule has 6 nitrogen and oxygen atoms in total. The van der Waals surface area contributed by atoms with E-state index in [1.54, 1.807) is 36.8 Å². The fourth-order valence-electron chi connectivity index (χ4n) is 2.41. The Balaban J connectivity index is 1.64. The van der Waals surface area contributed by atoms with Gasteiger partial charge in [-0.1, -0.05) is 0 Å². The van der Waals surface area contributed by atoms with Gasteiger partial charge in [-0.25, -0.2) is 9.97 Å². The molecule has 0 aromatic carbocycles. The highest BCUT2D eigenvalue weighted by atomic mass is 16.5. The van der Waals surface area contributed by atoms with E-state index in [9.17, 15) is 4.79 Å². The Hall–Kier alpha value is -2.50. The van der Waals surface area contributed by atoms with Crippen molar-refractivity contribution in [3.63, 3.8) is 0 Å². The highest BCUT2D eigenvalue weighted by Gasteiger charge is 2.25. The maximum atomic E-state index is 12.4. The van der Waals surface area contributed by atoms with E-state index in [2.05, 4.69) is 15.0 Å². The molecular weight excluding hydrogens is 268 g/mol. The predicted molar refractivity (Wildman–Crippen MR) is 75.8 cm³/mol. The summed E-state index contributed by atoms with van der Waals surface area (Å²) >= 11 is 0. The van der Waals surface area contributed by atoms with Crippen molar-refractivity contribution in [2.45, 2.75) is 18.9 Å². The Morgan fingerprint density at radius 2 is 2.00 bits per heavy atom. The van der Waals surface area contributed by atoms with E-state index < -0.39 is 0 Å². The van der Waals surface area contributed by atoms with Gasteiger partial charge in [0.2, 0.25) is 5.88 Å². The number of piperidine rings is 1. The zero-order valence-electron chi connectivity index (χ0n) is 11.6. The van der Waals surface area contributed by atoms with Crippen molar-refractivity contribution in [3.05, 3.63) is 48.7 Å². The molecule has 3 heterocycles. The second kappa shape index (κ2) is 6.30. The van der Waals surface area contributed by atoms with E-state index in [0.717, 1.165) is 19.4 Å². The van der Waals surface area contributed by atoms with Gasteiger partial charge in [0.1, 0.15) is 12.4 Å². The van der Waals surface area contributed by atoms with Gasteiger partial charge < -0.3 is 9.64 Å². The second-order valence-corrected chi connectivity index (χ2v) is 4.92. The van der Waals surface area contributed by atoms with E-state index >= 15 is 0 Å². The lowest BCUT2D eigenvalue weighted by atomic mass is 10.1. The lowest BCUT2D eigenvalue weighted by Gasteiger charge is -2.32. The smallest absolute Gasteiger partial charge is 0.254 e. The first-order valence-corrected chi connectivity index (χ1v) is 6.95. The number of ether oxygens (including phenoxy) is 1. The third-order valence-electron chi connectivity index (χ3n) is 3.43. The summed E-state index contributed by atoms with van der Waals surface area (Å²) in [5.74, 6) is 0.571. The summed E-state index contributed by atoms with van der Waals surface area (Å²) in [4.78, 5) is 26.1. The largest absolute Gasteiger partial charge is 0.472 e. The number of carbonyl (C=O) groups is 1. The third-order valence-corrected chi connectivity index (χ3v) is 3.43. The first-order chi connectivity index (χ1) is 10.3. The Kier molecular flexibility index (Phi) is 4.04. The van der Waals surface area contributed by atoms with E-state index in [1.165, 1.54) is 6.33 Å². The first-order valence-electron chi connectivity index (χ1n) is 6.95. The predicted octanol–water partition coefficient (Wildman–Crippen LogP) is 1.56. The number of likely N-dealkylation sites (tertiary alicyclic amines) is 1. The van der Waals surface area contributed by atoms with Gasteiger partial charge in [-0.2, -0.15) is 0 Å².